The third-order valence-corrected chi connectivity index (χ3v) is 4.58. The highest BCUT2D eigenvalue weighted by Crippen LogP contribution is 2.26. The molecule has 8 heteroatoms. The molecule has 0 saturated heterocycles. The molecule has 3 N–H and O–H groups in total. The van der Waals surface area contributed by atoms with E-state index >= 15 is 0 Å². The lowest BCUT2D eigenvalue weighted by atomic mass is 10.1. The second kappa shape index (κ2) is 7.96. The molecule has 138 valence electrons. The SMILES string of the molecule is CCN=c1scc(-c2ccc(O)c(C(N)=O)c2)n1/N=C/c1ccc(F)cc1. The highest BCUT2D eigenvalue weighted by atomic mass is 32.1. The number of aromatic nitrogens is 1. The summed E-state index contributed by atoms with van der Waals surface area (Å²) in [6, 6.07) is 10.6. The molecule has 0 spiro atoms. The van der Waals surface area contributed by atoms with Crippen LogP contribution in [0.2, 0.25) is 0 Å². The smallest absolute Gasteiger partial charge is 0.252 e. The van der Waals surface area contributed by atoms with Gasteiger partial charge >= 0.3 is 0 Å². The zero-order chi connectivity index (χ0) is 19.4. The molecule has 6 nitrogen and oxygen atoms in total. The highest BCUT2D eigenvalue weighted by molar-refractivity contribution is 7.07. The summed E-state index contributed by atoms with van der Waals surface area (Å²) in [6.45, 7) is 2.49. The fourth-order valence-electron chi connectivity index (χ4n) is 2.42. The minimum Gasteiger partial charge on any atom is -0.507 e. The van der Waals surface area contributed by atoms with E-state index in [2.05, 4.69) is 10.1 Å². The Bertz CT molecular complexity index is 1070. The zero-order valence-corrected chi connectivity index (χ0v) is 15.3. The van der Waals surface area contributed by atoms with Crippen LogP contribution in [0.5, 0.6) is 5.75 Å². The number of phenols is 1. The first-order chi connectivity index (χ1) is 13.0. The Kier molecular flexibility index (Phi) is 5.46. The van der Waals surface area contributed by atoms with Crippen molar-refractivity contribution < 1.29 is 14.3 Å². The molecule has 0 fully saturated rings. The molecule has 0 atom stereocenters. The van der Waals surface area contributed by atoms with Crippen molar-refractivity contribution >= 4 is 23.5 Å². The van der Waals surface area contributed by atoms with Crippen LogP contribution in [-0.2, 0) is 0 Å². The van der Waals surface area contributed by atoms with Crippen molar-refractivity contribution in [2.24, 2.45) is 15.8 Å². The van der Waals surface area contributed by atoms with E-state index in [1.165, 1.54) is 35.6 Å². The standard InChI is InChI=1S/C19H17FN4O2S/c1-2-22-19-24(23-10-12-3-6-14(20)7-4-12)16(11-27-19)13-5-8-17(25)15(9-13)18(21)26/h3-11,25H,2H2,1H3,(H2,21,26)/b22-19?,23-10+. The van der Waals surface area contributed by atoms with Gasteiger partial charge in [-0.2, -0.15) is 5.10 Å². The average Bonchev–Trinajstić information content (AvgIpc) is 3.04. The largest absolute Gasteiger partial charge is 0.507 e. The number of benzene rings is 2. The second-order valence-corrected chi connectivity index (χ2v) is 6.42. The van der Waals surface area contributed by atoms with Crippen LogP contribution in [0.25, 0.3) is 11.3 Å². The Hall–Kier alpha value is -3.26. The molecule has 0 radical (unpaired) electrons. The maximum absolute atomic E-state index is 13.1. The van der Waals surface area contributed by atoms with Crippen LogP contribution in [0.1, 0.15) is 22.8 Å². The van der Waals surface area contributed by atoms with Gasteiger partial charge in [0.15, 0.2) is 0 Å². The van der Waals surface area contributed by atoms with E-state index in [4.69, 9.17) is 5.73 Å². The number of carbonyl (C=O) groups is 1. The van der Waals surface area contributed by atoms with Crippen molar-refractivity contribution in [2.45, 2.75) is 6.92 Å². The van der Waals surface area contributed by atoms with Gasteiger partial charge in [-0.05, 0) is 42.8 Å². The molecule has 3 rings (SSSR count). The second-order valence-electron chi connectivity index (χ2n) is 5.58. The van der Waals surface area contributed by atoms with Gasteiger partial charge in [0.1, 0.15) is 11.6 Å². The predicted octanol–water partition coefficient (Wildman–Crippen LogP) is 2.96. The van der Waals surface area contributed by atoms with Crippen molar-refractivity contribution in [3.8, 4) is 17.0 Å². The summed E-state index contributed by atoms with van der Waals surface area (Å²) in [4.78, 5) is 16.6. The van der Waals surface area contributed by atoms with Crippen LogP contribution in [0.15, 0.2) is 57.9 Å². The maximum atomic E-state index is 13.1. The Morgan fingerprint density at radius 3 is 2.70 bits per heavy atom. The van der Waals surface area contributed by atoms with Crippen LogP contribution in [0.3, 0.4) is 0 Å². The molecule has 0 aliphatic carbocycles. The number of aromatic hydroxyl groups is 1. The van der Waals surface area contributed by atoms with E-state index < -0.39 is 5.91 Å². The number of nitrogens with two attached hydrogens (primary N) is 1. The maximum Gasteiger partial charge on any atom is 0.252 e. The highest BCUT2D eigenvalue weighted by Gasteiger charge is 2.13. The molecule has 1 aromatic heterocycles. The van der Waals surface area contributed by atoms with E-state index in [1.54, 1.807) is 29.1 Å². The van der Waals surface area contributed by atoms with Crippen LogP contribution in [0, 0.1) is 5.82 Å². The molecule has 0 bridgehead atoms. The van der Waals surface area contributed by atoms with E-state index in [0.717, 1.165) is 5.56 Å². The quantitative estimate of drug-likeness (QED) is 0.662. The Labute approximate surface area is 158 Å². The molecule has 27 heavy (non-hydrogen) atoms. The number of hydrogen-bond acceptors (Lipinski definition) is 5. The van der Waals surface area contributed by atoms with Gasteiger partial charge in [0, 0.05) is 17.5 Å². The number of thiazole rings is 1. The Balaban J connectivity index is 2.10. The number of rotatable bonds is 5. The molecule has 1 heterocycles. The molecule has 0 aliphatic heterocycles. The summed E-state index contributed by atoms with van der Waals surface area (Å²) >= 11 is 1.40. The summed E-state index contributed by atoms with van der Waals surface area (Å²) < 4.78 is 14.7. The number of primary amides is 1. The molecular weight excluding hydrogens is 367 g/mol. The molecule has 0 unspecified atom stereocenters. The van der Waals surface area contributed by atoms with Gasteiger partial charge < -0.3 is 10.8 Å². The first-order valence-corrected chi connectivity index (χ1v) is 9.01. The van der Waals surface area contributed by atoms with E-state index in [0.29, 0.717) is 22.6 Å². The molecule has 0 aliphatic rings. The molecule has 0 saturated carbocycles. The predicted molar refractivity (Wildman–Crippen MR) is 103 cm³/mol. The number of amides is 1. The lowest BCUT2D eigenvalue weighted by Gasteiger charge is -2.06. The van der Waals surface area contributed by atoms with E-state index in [-0.39, 0.29) is 17.1 Å². The summed E-state index contributed by atoms with van der Waals surface area (Å²) in [6.07, 6.45) is 1.60. The number of halogens is 1. The average molecular weight is 384 g/mol. The van der Waals surface area contributed by atoms with Crippen LogP contribution >= 0.6 is 11.3 Å². The van der Waals surface area contributed by atoms with E-state index in [1.807, 2.05) is 12.3 Å². The van der Waals surface area contributed by atoms with Gasteiger partial charge in [-0.1, -0.05) is 12.1 Å². The van der Waals surface area contributed by atoms with Crippen molar-refractivity contribution in [2.75, 3.05) is 6.54 Å². The number of carbonyl (C=O) groups excluding carboxylic acids is 1. The van der Waals surface area contributed by atoms with Crippen LogP contribution < -0.4 is 10.5 Å². The van der Waals surface area contributed by atoms with Gasteiger partial charge in [0.25, 0.3) is 5.91 Å². The fraction of sp³-hybridized carbons (Fsp3) is 0.105. The van der Waals surface area contributed by atoms with Gasteiger partial charge in [-0.15, -0.1) is 11.3 Å². The fourth-order valence-corrected chi connectivity index (χ4v) is 3.32. The summed E-state index contributed by atoms with van der Waals surface area (Å²) in [7, 11) is 0. The molecule has 1 amide bonds. The summed E-state index contributed by atoms with van der Waals surface area (Å²) in [5.41, 5.74) is 7.42. The topological polar surface area (TPSA) is 93.0 Å². The zero-order valence-electron chi connectivity index (χ0n) is 14.5. The minimum atomic E-state index is -0.718. The third kappa shape index (κ3) is 4.12. The Morgan fingerprint density at radius 2 is 2.04 bits per heavy atom. The summed E-state index contributed by atoms with van der Waals surface area (Å²) in [5, 5.41) is 16.1. The molecular formula is C19H17FN4O2S. The minimum absolute atomic E-state index is 0.0294. The van der Waals surface area contributed by atoms with Gasteiger partial charge in [-0.3, -0.25) is 9.79 Å². The number of hydrogen-bond donors (Lipinski definition) is 2. The Morgan fingerprint density at radius 1 is 1.30 bits per heavy atom. The monoisotopic (exact) mass is 384 g/mol. The normalized spacial score (nSPS) is 12.0. The van der Waals surface area contributed by atoms with Gasteiger partial charge in [0.2, 0.25) is 4.80 Å². The number of nitrogens with zero attached hydrogens (tertiary/aromatic N) is 3. The summed E-state index contributed by atoms with van der Waals surface area (Å²) in [5.74, 6) is -1.22. The van der Waals surface area contributed by atoms with Gasteiger partial charge in [-0.25, -0.2) is 9.07 Å². The lowest BCUT2D eigenvalue weighted by molar-refractivity contribution is 0.0998. The molecule has 3 aromatic rings. The van der Waals surface area contributed by atoms with E-state index in [9.17, 15) is 14.3 Å². The first kappa shape index (κ1) is 18.5. The van der Waals surface area contributed by atoms with Crippen molar-refractivity contribution in [3.63, 3.8) is 0 Å². The van der Waals surface area contributed by atoms with Crippen LogP contribution in [-0.4, -0.2) is 28.4 Å². The van der Waals surface area contributed by atoms with Crippen molar-refractivity contribution in [1.29, 1.82) is 0 Å². The first-order valence-electron chi connectivity index (χ1n) is 8.13. The van der Waals surface area contributed by atoms with Crippen molar-refractivity contribution in [3.05, 3.63) is 69.6 Å². The third-order valence-electron chi connectivity index (χ3n) is 3.73. The van der Waals surface area contributed by atoms with Crippen molar-refractivity contribution in [1.82, 2.24) is 4.68 Å². The molecule has 2 aromatic carbocycles. The van der Waals surface area contributed by atoms with Gasteiger partial charge in [0.05, 0.1) is 17.5 Å². The lowest BCUT2D eigenvalue weighted by Crippen LogP contribution is -2.13. The van der Waals surface area contributed by atoms with Crippen LogP contribution in [0.4, 0.5) is 4.39 Å².